The van der Waals surface area contributed by atoms with Crippen LogP contribution in [0, 0.1) is 0 Å². The van der Waals surface area contributed by atoms with Crippen LogP contribution in [0.15, 0.2) is 41.3 Å². The first kappa shape index (κ1) is 12.9. The van der Waals surface area contributed by atoms with Gasteiger partial charge in [-0.2, -0.15) is 0 Å². The van der Waals surface area contributed by atoms with E-state index in [9.17, 15) is 0 Å². The molecule has 19 heavy (non-hydrogen) atoms. The monoisotopic (exact) mass is 319 g/mol. The number of nitrogens with one attached hydrogen (secondary N) is 1. The van der Waals surface area contributed by atoms with Crippen LogP contribution < -0.4 is 5.32 Å². The van der Waals surface area contributed by atoms with Crippen LogP contribution >= 0.6 is 15.9 Å². The molecule has 1 aliphatic heterocycles. The van der Waals surface area contributed by atoms with Gasteiger partial charge in [-0.05, 0) is 30.7 Å². The molecule has 1 unspecified atom stereocenters. The van der Waals surface area contributed by atoms with Gasteiger partial charge in [-0.3, -0.25) is 0 Å². The predicted octanol–water partition coefficient (Wildman–Crippen LogP) is 2.94. The SMILES string of the molecule is CC1(c2cncn2Cc2ccc(Br)cc2)CCNC1. The maximum atomic E-state index is 4.35. The topological polar surface area (TPSA) is 29.9 Å². The van der Waals surface area contributed by atoms with Crippen molar-refractivity contribution in [2.75, 3.05) is 13.1 Å². The summed E-state index contributed by atoms with van der Waals surface area (Å²) in [6, 6.07) is 8.49. The molecule has 0 bridgehead atoms. The van der Waals surface area contributed by atoms with E-state index in [-0.39, 0.29) is 5.41 Å². The molecular weight excluding hydrogens is 302 g/mol. The van der Waals surface area contributed by atoms with Gasteiger partial charge in [0.2, 0.25) is 0 Å². The van der Waals surface area contributed by atoms with Crippen LogP contribution in [0.1, 0.15) is 24.6 Å². The Bertz CT molecular complexity index is 553. The molecule has 1 atom stereocenters. The molecule has 100 valence electrons. The smallest absolute Gasteiger partial charge is 0.0951 e. The third-order valence-electron chi connectivity index (χ3n) is 3.97. The summed E-state index contributed by atoms with van der Waals surface area (Å²) in [5.74, 6) is 0. The normalized spacial score (nSPS) is 22.8. The van der Waals surface area contributed by atoms with Crippen LogP contribution in [0.5, 0.6) is 0 Å². The van der Waals surface area contributed by atoms with Crippen molar-refractivity contribution in [1.29, 1.82) is 0 Å². The molecule has 1 aromatic carbocycles. The molecule has 4 heteroatoms. The molecule has 0 radical (unpaired) electrons. The minimum absolute atomic E-state index is 0.214. The zero-order chi connectivity index (χ0) is 13.3. The van der Waals surface area contributed by atoms with Crippen molar-refractivity contribution in [3.05, 3.63) is 52.5 Å². The quantitative estimate of drug-likeness (QED) is 0.942. The Balaban J connectivity index is 1.86. The van der Waals surface area contributed by atoms with Gasteiger partial charge < -0.3 is 9.88 Å². The lowest BCUT2D eigenvalue weighted by molar-refractivity contribution is 0.481. The van der Waals surface area contributed by atoms with Gasteiger partial charge >= 0.3 is 0 Å². The Hall–Kier alpha value is -1.13. The maximum absolute atomic E-state index is 4.35. The van der Waals surface area contributed by atoms with Gasteiger partial charge in [0.05, 0.1) is 6.33 Å². The summed E-state index contributed by atoms with van der Waals surface area (Å²) in [6.07, 6.45) is 5.14. The lowest BCUT2D eigenvalue weighted by atomic mass is 9.86. The summed E-state index contributed by atoms with van der Waals surface area (Å²) in [5.41, 5.74) is 2.85. The van der Waals surface area contributed by atoms with E-state index < -0.39 is 0 Å². The molecular formula is C15H18BrN3. The summed E-state index contributed by atoms with van der Waals surface area (Å²) in [4.78, 5) is 4.35. The molecule has 0 aliphatic carbocycles. The second-order valence-electron chi connectivity index (χ2n) is 5.52. The molecule has 0 spiro atoms. The van der Waals surface area contributed by atoms with Crippen molar-refractivity contribution >= 4 is 15.9 Å². The van der Waals surface area contributed by atoms with Crippen LogP contribution in [0.25, 0.3) is 0 Å². The highest BCUT2D eigenvalue weighted by Gasteiger charge is 2.33. The number of aromatic nitrogens is 2. The van der Waals surface area contributed by atoms with Crippen LogP contribution in [-0.2, 0) is 12.0 Å². The largest absolute Gasteiger partial charge is 0.330 e. The number of imidazole rings is 1. The molecule has 3 nitrogen and oxygen atoms in total. The number of nitrogens with zero attached hydrogens (tertiary/aromatic N) is 2. The molecule has 2 heterocycles. The lowest BCUT2D eigenvalue weighted by Crippen LogP contribution is -2.28. The fraction of sp³-hybridized carbons (Fsp3) is 0.400. The van der Waals surface area contributed by atoms with Crippen LogP contribution in [0.2, 0.25) is 0 Å². The van der Waals surface area contributed by atoms with Crippen molar-refractivity contribution in [2.24, 2.45) is 0 Å². The Morgan fingerprint density at radius 3 is 2.84 bits per heavy atom. The van der Waals surface area contributed by atoms with Crippen LogP contribution in [0.3, 0.4) is 0 Å². The summed E-state index contributed by atoms with van der Waals surface area (Å²) >= 11 is 3.47. The van der Waals surface area contributed by atoms with Gasteiger partial charge in [0.15, 0.2) is 0 Å². The zero-order valence-corrected chi connectivity index (χ0v) is 12.7. The molecule has 1 aromatic heterocycles. The molecule has 2 aromatic rings. The first-order valence-electron chi connectivity index (χ1n) is 6.63. The number of hydrogen-bond donors (Lipinski definition) is 1. The minimum atomic E-state index is 0.214. The highest BCUT2D eigenvalue weighted by Crippen LogP contribution is 2.30. The molecule has 0 saturated carbocycles. The number of halogens is 1. The zero-order valence-electron chi connectivity index (χ0n) is 11.1. The molecule has 1 N–H and O–H groups in total. The number of hydrogen-bond acceptors (Lipinski definition) is 2. The molecule has 1 saturated heterocycles. The van der Waals surface area contributed by atoms with E-state index in [1.54, 1.807) is 0 Å². The molecule has 1 fully saturated rings. The highest BCUT2D eigenvalue weighted by molar-refractivity contribution is 9.10. The summed E-state index contributed by atoms with van der Waals surface area (Å²) in [6.45, 7) is 5.35. The summed E-state index contributed by atoms with van der Waals surface area (Å²) in [7, 11) is 0. The van der Waals surface area contributed by atoms with Gasteiger partial charge in [0.1, 0.15) is 0 Å². The average molecular weight is 320 g/mol. The predicted molar refractivity (Wildman–Crippen MR) is 80.3 cm³/mol. The van der Waals surface area contributed by atoms with E-state index in [4.69, 9.17) is 0 Å². The second kappa shape index (κ2) is 5.10. The Kier molecular flexibility index (Phi) is 3.46. The third-order valence-corrected chi connectivity index (χ3v) is 4.49. The summed E-state index contributed by atoms with van der Waals surface area (Å²) < 4.78 is 3.39. The van der Waals surface area contributed by atoms with Crippen molar-refractivity contribution in [3.8, 4) is 0 Å². The minimum Gasteiger partial charge on any atom is -0.330 e. The maximum Gasteiger partial charge on any atom is 0.0951 e. The Morgan fingerprint density at radius 1 is 1.37 bits per heavy atom. The van der Waals surface area contributed by atoms with Crippen molar-refractivity contribution in [3.63, 3.8) is 0 Å². The van der Waals surface area contributed by atoms with Crippen LogP contribution in [0.4, 0.5) is 0 Å². The Morgan fingerprint density at radius 2 is 2.16 bits per heavy atom. The van der Waals surface area contributed by atoms with Gasteiger partial charge in [-0.25, -0.2) is 4.98 Å². The van der Waals surface area contributed by atoms with Crippen molar-refractivity contribution in [2.45, 2.75) is 25.3 Å². The van der Waals surface area contributed by atoms with Gasteiger partial charge in [0.25, 0.3) is 0 Å². The van der Waals surface area contributed by atoms with Gasteiger partial charge in [0, 0.05) is 34.9 Å². The van der Waals surface area contributed by atoms with Crippen molar-refractivity contribution in [1.82, 2.24) is 14.9 Å². The number of rotatable bonds is 3. The van der Waals surface area contributed by atoms with Gasteiger partial charge in [-0.15, -0.1) is 0 Å². The second-order valence-corrected chi connectivity index (χ2v) is 6.44. The van der Waals surface area contributed by atoms with Crippen LogP contribution in [-0.4, -0.2) is 22.6 Å². The number of benzene rings is 1. The molecule has 0 amide bonds. The molecule has 3 rings (SSSR count). The van der Waals surface area contributed by atoms with E-state index in [1.165, 1.54) is 17.7 Å². The van der Waals surface area contributed by atoms with E-state index >= 15 is 0 Å². The fourth-order valence-electron chi connectivity index (χ4n) is 2.77. The molecule has 1 aliphatic rings. The summed E-state index contributed by atoms with van der Waals surface area (Å²) in [5, 5.41) is 3.45. The fourth-order valence-corrected chi connectivity index (χ4v) is 3.04. The van der Waals surface area contributed by atoms with E-state index in [2.05, 4.69) is 62.0 Å². The average Bonchev–Trinajstić information content (AvgIpc) is 3.02. The third kappa shape index (κ3) is 2.60. The van der Waals surface area contributed by atoms with E-state index in [0.717, 1.165) is 24.1 Å². The standard InChI is InChI=1S/C15H18BrN3/c1-15(6-7-17-10-15)14-8-18-11-19(14)9-12-2-4-13(16)5-3-12/h2-5,8,11,17H,6-7,9-10H2,1H3. The van der Waals surface area contributed by atoms with E-state index in [1.807, 2.05) is 12.5 Å². The highest BCUT2D eigenvalue weighted by atomic mass is 79.9. The van der Waals surface area contributed by atoms with Crippen molar-refractivity contribution < 1.29 is 0 Å². The first-order valence-corrected chi connectivity index (χ1v) is 7.42. The lowest BCUT2D eigenvalue weighted by Gasteiger charge is -2.24. The first-order chi connectivity index (χ1) is 9.17. The van der Waals surface area contributed by atoms with Gasteiger partial charge in [-0.1, -0.05) is 35.0 Å². The van der Waals surface area contributed by atoms with E-state index in [0.29, 0.717) is 0 Å². The Labute approximate surface area is 122 Å².